The molecule has 4 aliphatic carbocycles. The van der Waals surface area contributed by atoms with E-state index < -0.39 is 60.0 Å². The van der Waals surface area contributed by atoms with Gasteiger partial charge in [0.2, 0.25) is 0 Å². The zero-order chi connectivity index (χ0) is 30.4. The van der Waals surface area contributed by atoms with E-state index in [9.17, 15) is 5.11 Å². The summed E-state index contributed by atoms with van der Waals surface area (Å²) in [7, 11) is 5.10. The van der Waals surface area contributed by atoms with Crippen LogP contribution in [-0.2, 0) is 16.6 Å². The van der Waals surface area contributed by atoms with Crippen LogP contribution in [0.4, 0.5) is 0 Å². The number of ether oxygens (including phenoxy) is 3. The molecule has 0 unspecified atom stereocenters. The second kappa shape index (κ2) is 6.03. The highest BCUT2D eigenvalue weighted by molar-refractivity contribution is 5.63. The van der Waals surface area contributed by atoms with Crippen molar-refractivity contribution in [2.24, 2.45) is 16.7 Å². The minimum atomic E-state index is -3.57. The fourth-order valence-electron chi connectivity index (χ4n) is 8.75. The summed E-state index contributed by atoms with van der Waals surface area (Å²) in [6.07, 6.45) is 1.94. The zero-order valence-corrected chi connectivity index (χ0v) is 19.2. The molecule has 0 amide bonds. The molecule has 0 aromatic heterocycles. The summed E-state index contributed by atoms with van der Waals surface area (Å²) in [6, 6.07) is 3.95. The van der Waals surface area contributed by atoms with Crippen molar-refractivity contribution in [3.8, 4) is 11.5 Å². The molecule has 32 heavy (non-hydrogen) atoms. The molecular formula is C27H39NO4. The maximum absolute atomic E-state index is 12.6. The van der Waals surface area contributed by atoms with Gasteiger partial charge in [-0.05, 0) is 69.7 Å². The van der Waals surface area contributed by atoms with Crippen LogP contribution in [0.1, 0.15) is 76.6 Å². The minimum Gasteiger partial charge on any atom is -0.493 e. The van der Waals surface area contributed by atoms with Crippen molar-refractivity contribution in [1.29, 1.82) is 0 Å². The Kier molecular flexibility index (Phi) is 2.55. The quantitative estimate of drug-likeness (QED) is 0.756. The van der Waals surface area contributed by atoms with E-state index in [-0.39, 0.29) is 12.5 Å². The van der Waals surface area contributed by atoms with Gasteiger partial charge in [0.25, 0.3) is 0 Å². The van der Waals surface area contributed by atoms with Crippen molar-refractivity contribution in [1.82, 2.24) is 4.90 Å². The molecule has 1 saturated heterocycles. The minimum absolute atomic E-state index is 0.00895. The van der Waals surface area contributed by atoms with E-state index in [1.807, 2.05) is 6.07 Å². The van der Waals surface area contributed by atoms with E-state index in [4.69, 9.17) is 26.5 Å². The Morgan fingerprint density at radius 2 is 2.00 bits per heavy atom. The van der Waals surface area contributed by atoms with Gasteiger partial charge in [0.05, 0.1) is 12.7 Å². The first-order valence-corrected chi connectivity index (χ1v) is 11.6. The molecular weight excluding hydrogens is 402 g/mol. The lowest BCUT2D eigenvalue weighted by molar-refractivity contribution is -0.311. The second-order valence-corrected chi connectivity index (χ2v) is 11.0. The first-order chi connectivity index (χ1) is 18.7. The van der Waals surface area contributed by atoms with Gasteiger partial charge >= 0.3 is 0 Å². The summed E-state index contributed by atoms with van der Waals surface area (Å²) in [5.74, 6) is -0.000400. The highest BCUT2D eigenvalue weighted by Gasteiger charge is 2.82. The van der Waals surface area contributed by atoms with Crippen molar-refractivity contribution >= 4 is 0 Å². The van der Waals surface area contributed by atoms with E-state index in [0.717, 1.165) is 31.0 Å². The molecule has 1 N–H and O–H groups in total. The van der Waals surface area contributed by atoms with Crippen LogP contribution in [0.25, 0.3) is 0 Å². The molecule has 4 bridgehead atoms. The Hall–Kier alpha value is -1.30. The maximum Gasteiger partial charge on any atom is 0.165 e. The number of aliphatic hydroxyl groups is 1. The van der Waals surface area contributed by atoms with Crippen LogP contribution in [0, 0.1) is 16.7 Å². The Balaban J connectivity index is 1.66. The smallest absolute Gasteiger partial charge is 0.165 e. The number of rotatable bonds is 3. The molecule has 1 aromatic carbocycles. The van der Waals surface area contributed by atoms with Crippen LogP contribution >= 0.6 is 0 Å². The van der Waals surface area contributed by atoms with E-state index in [2.05, 4.69) is 18.0 Å². The van der Waals surface area contributed by atoms with Crippen LogP contribution in [0.2, 0.25) is 0 Å². The third kappa shape index (κ3) is 2.01. The summed E-state index contributed by atoms with van der Waals surface area (Å²) < 4.78 is 94.5. The molecule has 6 aliphatic rings. The van der Waals surface area contributed by atoms with Crippen molar-refractivity contribution in [2.75, 3.05) is 27.8 Å². The number of methoxy groups -OCH3 is 2. The van der Waals surface area contributed by atoms with Gasteiger partial charge in [0.1, 0.15) is 11.7 Å². The lowest BCUT2D eigenvalue weighted by Crippen LogP contribution is -2.83. The number of benzene rings is 1. The molecule has 3 saturated carbocycles. The fourth-order valence-corrected chi connectivity index (χ4v) is 8.75. The van der Waals surface area contributed by atoms with Gasteiger partial charge in [0.15, 0.2) is 11.5 Å². The number of nitrogens with zero attached hydrogens (tertiary/aromatic N) is 1. The van der Waals surface area contributed by atoms with Crippen LogP contribution in [0.3, 0.4) is 0 Å². The van der Waals surface area contributed by atoms with Gasteiger partial charge < -0.3 is 24.2 Å². The number of hydrogen-bond donors (Lipinski definition) is 1. The Morgan fingerprint density at radius 1 is 1.22 bits per heavy atom. The first kappa shape index (κ1) is 13.6. The predicted octanol–water partition coefficient (Wildman–Crippen LogP) is 3.94. The number of fused-ring (bicyclic) bond motifs is 2. The van der Waals surface area contributed by atoms with Crippen molar-refractivity contribution in [2.45, 2.75) is 88.3 Å². The van der Waals surface area contributed by atoms with Crippen LogP contribution in [0.5, 0.6) is 11.5 Å². The molecule has 2 heterocycles. The lowest BCUT2D eigenvalue weighted by atomic mass is 9.33. The third-order valence-corrected chi connectivity index (χ3v) is 10.3. The number of hydrogen-bond acceptors (Lipinski definition) is 5. The standard InChI is InChI=1S/C27H39NO4/c1-23(2,3)24(4,29)18-15-25-10-11-27(18,31-7)22-26(25)12-13-28(5)19(25)14-16-8-9-17(30-6)21(32-22)20(16)26/h8-9,18-19,22,29H,10-15H2,1-7H3/t18-,19-,22-,24+,25-,26+,27-/m1/s1/i1D3,2D3,3D3. The van der Waals surface area contributed by atoms with Gasteiger partial charge in [-0.1, -0.05) is 26.6 Å². The molecule has 7 rings (SSSR count). The predicted molar refractivity (Wildman–Crippen MR) is 123 cm³/mol. The molecule has 7 atom stereocenters. The van der Waals surface area contributed by atoms with Gasteiger partial charge in [0, 0.05) is 47.8 Å². The summed E-state index contributed by atoms with van der Waals surface area (Å²) in [5.41, 5.74) is -6.44. The number of likely N-dealkylation sites (tertiary alicyclic amines) is 1. The summed E-state index contributed by atoms with van der Waals surface area (Å²) in [6.45, 7) is -8.81. The maximum atomic E-state index is 12.6. The molecule has 176 valence electrons. The SMILES string of the molecule is [2H]C([2H])([2H])C(C([2H])([2H])[2H])(C([2H])([2H])[2H])[C@@](C)(O)[C@H]1C[C@@]23CC[C@]1(OC)[C@@H]1Oc4c(OC)ccc5c4[C@@]12CCN(C)[C@@H]3C5. The Morgan fingerprint density at radius 3 is 2.69 bits per heavy atom. The normalized spacial score (nSPS) is 48.8. The monoisotopic (exact) mass is 450 g/mol. The van der Waals surface area contributed by atoms with E-state index >= 15 is 0 Å². The molecule has 1 aromatic rings. The topological polar surface area (TPSA) is 51.2 Å². The number of piperidine rings is 1. The second-order valence-electron chi connectivity index (χ2n) is 11.0. The Bertz CT molecular complexity index is 1240. The van der Waals surface area contributed by atoms with Crippen molar-refractivity contribution in [3.63, 3.8) is 0 Å². The summed E-state index contributed by atoms with van der Waals surface area (Å²) in [4.78, 5) is 2.30. The first-order valence-electron chi connectivity index (χ1n) is 16.1. The van der Waals surface area contributed by atoms with Gasteiger partial charge in [-0.3, -0.25) is 0 Å². The molecule has 0 radical (unpaired) electrons. The van der Waals surface area contributed by atoms with E-state index in [0.29, 0.717) is 30.8 Å². The molecule has 4 fully saturated rings. The molecule has 5 nitrogen and oxygen atoms in total. The largest absolute Gasteiger partial charge is 0.493 e. The van der Waals surface area contributed by atoms with E-state index in [1.54, 1.807) is 7.11 Å². The van der Waals surface area contributed by atoms with Crippen molar-refractivity contribution < 1.29 is 31.7 Å². The highest BCUT2D eigenvalue weighted by atomic mass is 16.6. The van der Waals surface area contributed by atoms with Crippen LogP contribution in [-0.4, -0.2) is 61.2 Å². The molecule has 2 aliphatic heterocycles. The van der Waals surface area contributed by atoms with Crippen LogP contribution in [0.15, 0.2) is 12.1 Å². The van der Waals surface area contributed by atoms with Gasteiger partial charge in [-0.2, -0.15) is 0 Å². The zero-order valence-electron chi connectivity index (χ0n) is 28.2. The van der Waals surface area contributed by atoms with Gasteiger partial charge in [-0.25, -0.2) is 0 Å². The lowest BCUT2D eigenvalue weighted by Gasteiger charge is -2.75. The fraction of sp³-hybridized carbons (Fsp3) is 0.778. The average molecular weight is 451 g/mol. The molecule has 5 heteroatoms. The van der Waals surface area contributed by atoms with Gasteiger partial charge in [-0.15, -0.1) is 0 Å². The Labute approximate surface area is 205 Å². The summed E-state index contributed by atoms with van der Waals surface area (Å²) >= 11 is 0. The van der Waals surface area contributed by atoms with Crippen LogP contribution < -0.4 is 9.47 Å². The average Bonchev–Trinajstić information content (AvgIpc) is 3.20. The number of likely N-dealkylation sites (N-methyl/N-ethyl adjacent to an activating group) is 1. The molecule has 2 spiro atoms. The van der Waals surface area contributed by atoms with E-state index in [1.165, 1.54) is 7.11 Å². The highest BCUT2D eigenvalue weighted by Crippen LogP contribution is 2.77. The van der Waals surface area contributed by atoms with Crippen molar-refractivity contribution in [3.05, 3.63) is 23.3 Å². The third-order valence-electron chi connectivity index (χ3n) is 10.3. The summed E-state index contributed by atoms with van der Waals surface area (Å²) in [5, 5.41) is 12.6.